The first-order valence-corrected chi connectivity index (χ1v) is 9.03. The molecule has 2 bridgehead atoms. The molecule has 5 nitrogen and oxygen atoms in total. The molecule has 4 rings (SSSR count). The first-order valence-electron chi connectivity index (χ1n) is 9.03. The van der Waals surface area contributed by atoms with E-state index in [1.165, 1.54) is 0 Å². The number of aliphatic carboxylic acids is 1. The molecule has 26 heavy (non-hydrogen) atoms. The molecule has 2 fully saturated rings. The number of ether oxygens (including phenoxy) is 1. The van der Waals surface area contributed by atoms with Gasteiger partial charge in [-0.3, -0.25) is 9.59 Å². The van der Waals surface area contributed by atoms with Crippen LogP contribution < -0.4 is 0 Å². The average molecular weight is 353 g/mol. The molecule has 5 atom stereocenters. The predicted octanol–water partition coefficient (Wildman–Crippen LogP) is 2.43. The molecular weight excluding hydrogens is 330 g/mol. The summed E-state index contributed by atoms with van der Waals surface area (Å²) in [4.78, 5) is 26.8. The zero-order valence-electron chi connectivity index (χ0n) is 14.8. The van der Waals surface area contributed by atoms with Crippen molar-refractivity contribution >= 4 is 11.9 Å². The van der Waals surface area contributed by atoms with Gasteiger partial charge in [-0.15, -0.1) is 6.58 Å². The number of hydrogen-bond acceptors (Lipinski definition) is 3. The molecule has 0 aromatic heterocycles. The van der Waals surface area contributed by atoms with Crippen LogP contribution in [0, 0.1) is 11.8 Å². The van der Waals surface area contributed by atoms with E-state index in [0.29, 0.717) is 13.0 Å². The van der Waals surface area contributed by atoms with E-state index in [-0.39, 0.29) is 11.9 Å². The molecule has 1 aromatic rings. The molecule has 136 valence electrons. The number of benzene rings is 1. The maximum atomic E-state index is 13.2. The van der Waals surface area contributed by atoms with Crippen LogP contribution in [0.5, 0.6) is 0 Å². The number of likely N-dealkylation sites (tertiary alicyclic amines) is 1. The Bertz CT molecular complexity index is 786. The monoisotopic (exact) mass is 353 g/mol. The van der Waals surface area contributed by atoms with Gasteiger partial charge in [0.05, 0.1) is 18.1 Å². The summed E-state index contributed by atoms with van der Waals surface area (Å²) in [5.74, 6) is -2.51. The van der Waals surface area contributed by atoms with Gasteiger partial charge in [0.25, 0.3) is 0 Å². The van der Waals surface area contributed by atoms with Crippen LogP contribution in [0.1, 0.15) is 18.9 Å². The van der Waals surface area contributed by atoms with E-state index in [1.54, 1.807) is 0 Å². The number of carboxylic acid groups (broad SMARTS) is 1. The largest absolute Gasteiger partial charge is 0.481 e. The van der Waals surface area contributed by atoms with Crippen molar-refractivity contribution in [2.45, 2.75) is 37.5 Å². The first kappa shape index (κ1) is 17.0. The van der Waals surface area contributed by atoms with Crippen LogP contribution in [0.4, 0.5) is 0 Å². The molecule has 1 spiro atoms. The standard InChI is InChI=1S/C21H23NO4/c1-13(2)12-16-21-10-8-15(26-21)17(20(24)25)18(21)19(23)22(16)11-9-14-6-4-3-5-7-14/h3-8,10,15-18H,1,9,11-12H2,2H3,(H,24,25)/t15-,16-,17-,18+,21+/m0/s1. The molecule has 3 heterocycles. The van der Waals surface area contributed by atoms with E-state index >= 15 is 0 Å². The van der Waals surface area contributed by atoms with Gasteiger partial charge in [-0.2, -0.15) is 0 Å². The van der Waals surface area contributed by atoms with Crippen LogP contribution in [-0.4, -0.2) is 46.2 Å². The van der Waals surface area contributed by atoms with E-state index in [9.17, 15) is 14.7 Å². The molecule has 1 aromatic carbocycles. The van der Waals surface area contributed by atoms with Crippen LogP contribution in [0.25, 0.3) is 0 Å². The Morgan fingerprint density at radius 2 is 2.08 bits per heavy atom. The van der Waals surface area contributed by atoms with Crippen LogP contribution in [0.15, 0.2) is 54.6 Å². The van der Waals surface area contributed by atoms with E-state index in [4.69, 9.17) is 4.74 Å². The summed E-state index contributed by atoms with van der Waals surface area (Å²) in [5, 5.41) is 9.66. The quantitative estimate of drug-likeness (QED) is 0.798. The minimum absolute atomic E-state index is 0.105. The second-order valence-electron chi connectivity index (χ2n) is 7.58. The molecule has 1 N–H and O–H groups in total. The van der Waals surface area contributed by atoms with Gasteiger partial charge in [0.2, 0.25) is 5.91 Å². The Hall–Kier alpha value is -2.40. The van der Waals surface area contributed by atoms with Crippen molar-refractivity contribution in [3.63, 3.8) is 0 Å². The minimum Gasteiger partial charge on any atom is -0.481 e. The number of nitrogens with zero attached hydrogens (tertiary/aromatic N) is 1. The number of amides is 1. The van der Waals surface area contributed by atoms with Crippen LogP contribution in [-0.2, 0) is 20.7 Å². The van der Waals surface area contributed by atoms with Crippen LogP contribution in [0.3, 0.4) is 0 Å². The Balaban J connectivity index is 1.65. The third kappa shape index (κ3) is 2.42. The van der Waals surface area contributed by atoms with Gasteiger partial charge in [0.15, 0.2) is 0 Å². The van der Waals surface area contributed by atoms with Crippen molar-refractivity contribution < 1.29 is 19.4 Å². The summed E-state index contributed by atoms with van der Waals surface area (Å²) in [6.07, 6.45) is 4.57. The topological polar surface area (TPSA) is 66.8 Å². The molecule has 3 aliphatic heterocycles. The Morgan fingerprint density at radius 3 is 2.73 bits per heavy atom. The van der Waals surface area contributed by atoms with E-state index in [1.807, 2.05) is 54.3 Å². The fourth-order valence-corrected chi connectivity index (χ4v) is 4.76. The normalized spacial score (nSPS) is 34.3. The number of hydrogen-bond donors (Lipinski definition) is 1. The average Bonchev–Trinajstić information content (AvgIpc) is 3.24. The highest BCUT2D eigenvalue weighted by atomic mass is 16.5. The van der Waals surface area contributed by atoms with Gasteiger partial charge in [0.1, 0.15) is 11.5 Å². The number of carboxylic acids is 1. The minimum atomic E-state index is -0.960. The lowest BCUT2D eigenvalue weighted by molar-refractivity contribution is -0.148. The van der Waals surface area contributed by atoms with E-state index < -0.39 is 29.5 Å². The van der Waals surface area contributed by atoms with Gasteiger partial charge in [-0.05, 0) is 25.3 Å². The van der Waals surface area contributed by atoms with Gasteiger partial charge in [-0.25, -0.2) is 0 Å². The lowest BCUT2D eigenvalue weighted by atomic mass is 9.74. The third-order valence-electron chi connectivity index (χ3n) is 5.84. The summed E-state index contributed by atoms with van der Waals surface area (Å²) in [5.41, 5.74) is 1.28. The van der Waals surface area contributed by atoms with Gasteiger partial charge in [-0.1, -0.05) is 48.1 Å². The molecule has 5 heteroatoms. The van der Waals surface area contributed by atoms with Gasteiger partial charge in [0, 0.05) is 6.54 Å². The van der Waals surface area contributed by atoms with Gasteiger partial charge >= 0.3 is 5.97 Å². The maximum absolute atomic E-state index is 13.2. The fourth-order valence-electron chi connectivity index (χ4n) is 4.76. The molecule has 0 unspecified atom stereocenters. The third-order valence-corrected chi connectivity index (χ3v) is 5.84. The number of fused-ring (bicyclic) bond motifs is 1. The Morgan fingerprint density at radius 1 is 1.35 bits per heavy atom. The molecule has 0 aliphatic carbocycles. The molecule has 0 saturated carbocycles. The number of carbonyl (C=O) groups excluding carboxylic acids is 1. The molecule has 1 amide bonds. The first-order chi connectivity index (χ1) is 12.4. The second kappa shape index (κ2) is 6.09. The molecule has 3 aliphatic rings. The van der Waals surface area contributed by atoms with Crippen molar-refractivity contribution in [2.24, 2.45) is 11.8 Å². The Labute approximate surface area is 152 Å². The highest BCUT2D eigenvalue weighted by Gasteiger charge is 2.70. The molecule has 2 saturated heterocycles. The van der Waals surface area contributed by atoms with Crippen molar-refractivity contribution in [2.75, 3.05) is 6.54 Å². The van der Waals surface area contributed by atoms with Crippen LogP contribution >= 0.6 is 0 Å². The maximum Gasteiger partial charge on any atom is 0.310 e. The highest BCUT2D eigenvalue weighted by Crippen LogP contribution is 2.55. The van der Waals surface area contributed by atoms with Crippen molar-refractivity contribution in [3.05, 3.63) is 60.2 Å². The predicted molar refractivity (Wildman–Crippen MR) is 96.4 cm³/mol. The summed E-state index contributed by atoms with van der Waals surface area (Å²) in [6.45, 7) is 6.49. The van der Waals surface area contributed by atoms with E-state index in [2.05, 4.69) is 6.58 Å². The zero-order valence-corrected chi connectivity index (χ0v) is 14.8. The van der Waals surface area contributed by atoms with Gasteiger partial charge < -0.3 is 14.7 Å². The Kier molecular flexibility index (Phi) is 3.99. The summed E-state index contributed by atoms with van der Waals surface area (Å²) in [6, 6.07) is 9.80. The lowest BCUT2D eigenvalue weighted by Crippen LogP contribution is -2.45. The summed E-state index contributed by atoms with van der Waals surface area (Å²) < 4.78 is 6.13. The number of rotatable bonds is 6. The highest BCUT2D eigenvalue weighted by molar-refractivity contribution is 5.91. The summed E-state index contributed by atoms with van der Waals surface area (Å²) in [7, 11) is 0. The van der Waals surface area contributed by atoms with E-state index in [0.717, 1.165) is 17.6 Å². The fraction of sp³-hybridized carbons (Fsp3) is 0.429. The molecular formula is C21H23NO4. The second-order valence-corrected chi connectivity index (χ2v) is 7.58. The zero-order chi connectivity index (χ0) is 18.5. The van der Waals surface area contributed by atoms with Crippen molar-refractivity contribution in [1.82, 2.24) is 4.90 Å². The van der Waals surface area contributed by atoms with Crippen LogP contribution in [0.2, 0.25) is 0 Å². The lowest BCUT2D eigenvalue weighted by Gasteiger charge is -2.33. The van der Waals surface area contributed by atoms with Crippen molar-refractivity contribution in [1.29, 1.82) is 0 Å². The summed E-state index contributed by atoms with van der Waals surface area (Å²) >= 11 is 0. The SMILES string of the molecule is C=C(C)C[C@@H]1N(CCc2ccccc2)C(=O)[C@H]2[C@@H](C(=O)O)[C@@H]3C=C[C@@]12O3. The number of carbonyl (C=O) groups is 2. The van der Waals surface area contributed by atoms with Crippen molar-refractivity contribution in [3.8, 4) is 0 Å². The smallest absolute Gasteiger partial charge is 0.310 e. The molecule has 0 radical (unpaired) electrons.